The molecule has 1 unspecified atom stereocenters. The first-order chi connectivity index (χ1) is 32.5. The summed E-state index contributed by atoms with van der Waals surface area (Å²) in [5.74, 6) is -2.05. The zero-order valence-corrected chi connectivity index (χ0v) is 39.7. The Morgan fingerprint density at radius 3 is 2.22 bits per heavy atom. The summed E-state index contributed by atoms with van der Waals surface area (Å²) in [6, 6.07) is 13.4. The quantitative estimate of drug-likeness (QED) is 0.0846. The Labute approximate surface area is 397 Å². The van der Waals surface area contributed by atoms with Crippen LogP contribution in [-0.4, -0.2) is 109 Å². The molecule has 6 rings (SSSR count). The van der Waals surface area contributed by atoms with Gasteiger partial charge in [-0.1, -0.05) is 38.1 Å². The maximum Gasteiger partial charge on any atom is 0.255 e. The number of hydrogen-bond donors (Lipinski definition) is 7. The molecule has 5 amide bonds. The average molecular weight is 930 g/mol. The zero-order valence-electron chi connectivity index (χ0n) is 39.7. The number of carbonyl (C=O) groups is 5. The molecule has 3 aromatic carbocycles. The number of nitrogens with zero attached hydrogens (tertiary/aromatic N) is 4. The summed E-state index contributed by atoms with van der Waals surface area (Å²) in [5, 5.41) is 20.0. The summed E-state index contributed by atoms with van der Waals surface area (Å²) >= 11 is 0. The highest BCUT2D eigenvalue weighted by molar-refractivity contribution is 6.00. The van der Waals surface area contributed by atoms with Crippen LogP contribution in [0.25, 0.3) is 22.5 Å². The molecule has 360 valence electrons. The molecule has 0 saturated heterocycles. The number of likely N-dealkylation sites (N-methyl/N-ethyl adjacent to an activating group) is 1. The second kappa shape index (κ2) is 22.2. The average Bonchev–Trinajstić information content (AvgIpc) is 3.30. The molecule has 1 aliphatic carbocycles. The van der Waals surface area contributed by atoms with Crippen molar-refractivity contribution in [2.45, 2.75) is 96.3 Å². The Kier molecular flexibility index (Phi) is 16.5. The third-order valence-corrected chi connectivity index (χ3v) is 12.5. The number of carbonyl (C=O) groups excluding carboxylic acids is 5. The van der Waals surface area contributed by atoms with Crippen molar-refractivity contribution in [3.05, 3.63) is 93.8 Å². The van der Waals surface area contributed by atoms with Crippen LogP contribution in [0.5, 0.6) is 11.5 Å². The van der Waals surface area contributed by atoms with Crippen LogP contribution < -0.4 is 47.9 Å². The van der Waals surface area contributed by atoms with Gasteiger partial charge in [-0.2, -0.15) is 5.26 Å². The topological polar surface area (TPSA) is 283 Å². The molecule has 10 N–H and O–H groups in total. The van der Waals surface area contributed by atoms with Gasteiger partial charge in [0.1, 0.15) is 55.4 Å². The Hall–Kier alpha value is -6.94. The molecule has 0 radical (unpaired) electrons. The molecule has 18 nitrogen and oxygen atoms in total. The van der Waals surface area contributed by atoms with E-state index >= 15 is 0 Å². The van der Waals surface area contributed by atoms with E-state index in [9.17, 15) is 29.2 Å². The van der Waals surface area contributed by atoms with Crippen molar-refractivity contribution in [2.75, 3.05) is 46.4 Å². The number of amides is 5. The molecule has 0 saturated carbocycles. The molecule has 0 fully saturated rings. The van der Waals surface area contributed by atoms with E-state index in [2.05, 4.69) is 47.2 Å². The van der Waals surface area contributed by atoms with E-state index in [0.29, 0.717) is 51.0 Å². The highest BCUT2D eigenvalue weighted by Gasteiger charge is 2.37. The predicted octanol–water partition coefficient (Wildman–Crippen LogP) is 2.55. The summed E-state index contributed by atoms with van der Waals surface area (Å²) in [6.45, 7) is 9.77. The Morgan fingerprint density at radius 1 is 0.912 bits per heavy atom. The van der Waals surface area contributed by atoms with E-state index in [1.807, 2.05) is 12.1 Å². The Balaban J connectivity index is 1.38. The predicted molar refractivity (Wildman–Crippen MR) is 256 cm³/mol. The van der Waals surface area contributed by atoms with E-state index in [-0.39, 0.29) is 63.2 Å². The first-order valence-electron chi connectivity index (χ1n) is 23.0. The molecular formula is C50H63N11O7. The van der Waals surface area contributed by atoms with E-state index in [0.717, 1.165) is 24.8 Å². The summed E-state index contributed by atoms with van der Waals surface area (Å²) in [7, 11) is 1.43. The van der Waals surface area contributed by atoms with Gasteiger partial charge in [-0.15, -0.1) is 0 Å². The Morgan fingerprint density at radius 2 is 1.57 bits per heavy atom. The molecule has 2 aliphatic rings. The van der Waals surface area contributed by atoms with Gasteiger partial charge < -0.3 is 52.8 Å². The number of hydrogen-bond acceptors (Lipinski definition) is 13. The lowest BCUT2D eigenvalue weighted by molar-refractivity contribution is -0.141. The molecule has 1 aromatic heterocycles. The summed E-state index contributed by atoms with van der Waals surface area (Å²) in [4.78, 5) is 81.5. The van der Waals surface area contributed by atoms with E-state index < -0.39 is 53.7 Å². The minimum absolute atomic E-state index is 0.00317. The molecule has 68 heavy (non-hydrogen) atoms. The van der Waals surface area contributed by atoms with Crippen LogP contribution >= 0.6 is 0 Å². The molecule has 0 spiro atoms. The van der Waals surface area contributed by atoms with Crippen molar-refractivity contribution < 1.29 is 33.4 Å². The van der Waals surface area contributed by atoms with Gasteiger partial charge in [0.25, 0.3) is 5.91 Å². The normalized spacial score (nSPS) is 18.0. The number of nitriles is 1. The highest BCUT2D eigenvalue weighted by atomic mass is 16.5. The van der Waals surface area contributed by atoms with Crippen LogP contribution in [0.4, 0.5) is 0 Å². The fraction of sp³-hybridized carbons (Fsp3) is 0.440. The maximum absolute atomic E-state index is 14.8. The number of aryl methyl sites for hydroxylation is 3. The van der Waals surface area contributed by atoms with Crippen LogP contribution in [0.15, 0.2) is 54.6 Å². The van der Waals surface area contributed by atoms with Crippen molar-refractivity contribution >= 4 is 29.5 Å². The zero-order chi connectivity index (χ0) is 49.3. The third-order valence-electron chi connectivity index (χ3n) is 12.5. The van der Waals surface area contributed by atoms with Gasteiger partial charge in [0.05, 0.1) is 23.0 Å². The number of rotatable bonds is 15. The van der Waals surface area contributed by atoms with Crippen LogP contribution in [-0.2, 0) is 37.4 Å². The third kappa shape index (κ3) is 11.4. The van der Waals surface area contributed by atoms with Crippen LogP contribution in [0, 0.1) is 25.2 Å². The van der Waals surface area contributed by atoms with Gasteiger partial charge >= 0.3 is 0 Å². The van der Waals surface area contributed by atoms with E-state index in [4.69, 9.17) is 36.6 Å². The number of fused-ring (bicyclic) bond motifs is 6. The maximum atomic E-state index is 14.8. The van der Waals surface area contributed by atoms with Crippen molar-refractivity contribution in [3.63, 3.8) is 0 Å². The van der Waals surface area contributed by atoms with E-state index in [1.54, 1.807) is 50.2 Å². The fourth-order valence-corrected chi connectivity index (χ4v) is 8.99. The molecule has 1 aliphatic heterocycles. The molecule has 18 heteroatoms. The number of nitrogens with two attached hydrogens (primary N) is 3. The summed E-state index contributed by atoms with van der Waals surface area (Å²) in [5.41, 5.74) is 24.2. The van der Waals surface area contributed by atoms with Gasteiger partial charge in [-0.05, 0) is 111 Å². The van der Waals surface area contributed by atoms with Crippen molar-refractivity contribution in [3.8, 4) is 40.1 Å². The fourth-order valence-electron chi connectivity index (χ4n) is 8.99. The number of benzene rings is 3. The summed E-state index contributed by atoms with van der Waals surface area (Å²) < 4.78 is 12.2. The van der Waals surface area contributed by atoms with Gasteiger partial charge in [0, 0.05) is 43.2 Å². The highest BCUT2D eigenvalue weighted by Crippen LogP contribution is 2.41. The minimum atomic E-state index is -1.40. The number of aromatic nitrogens is 2. The lowest BCUT2D eigenvalue weighted by Crippen LogP contribution is -2.56. The Bertz CT molecular complexity index is 2570. The van der Waals surface area contributed by atoms with Gasteiger partial charge in [-0.25, -0.2) is 9.97 Å². The van der Waals surface area contributed by atoms with Crippen molar-refractivity contribution in [1.82, 2.24) is 36.1 Å². The lowest BCUT2D eigenvalue weighted by Gasteiger charge is -2.33. The number of ether oxygens (including phenoxy) is 2. The SMILES string of the molecule is Cc1nc(-c2ccc3c(c2)CCCC3(C)C)nc(C)c1C(=O)NC(CCN)C(=O)N(C)[C@@H]1C(=O)N[C@@H](C)C(=O)N[C@H](C(=O)NCC#N)Cc2ccc(OCCN)c(c2)-c2cc1ccc2OCCN. The molecule has 4 bridgehead atoms. The van der Waals surface area contributed by atoms with Gasteiger partial charge in [0.2, 0.25) is 23.6 Å². The molecule has 2 heterocycles. The van der Waals surface area contributed by atoms with E-state index in [1.165, 1.54) is 30.0 Å². The van der Waals surface area contributed by atoms with Crippen LogP contribution in [0.2, 0.25) is 0 Å². The first-order valence-corrected chi connectivity index (χ1v) is 23.0. The van der Waals surface area contributed by atoms with Crippen molar-refractivity contribution in [1.29, 1.82) is 5.26 Å². The molecule has 4 aromatic rings. The monoisotopic (exact) mass is 929 g/mol. The first kappa shape index (κ1) is 50.5. The second-order valence-electron chi connectivity index (χ2n) is 17.9. The largest absolute Gasteiger partial charge is 0.492 e. The molecular weight excluding hydrogens is 867 g/mol. The molecule has 4 atom stereocenters. The minimum Gasteiger partial charge on any atom is -0.492 e. The summed E-state index contributed by atoms with van der Waals surface area (Å²) in [6.07, 6.45) is 3.18. The number of nitrogens with one attached hydrogen (secondary N) is 4. The smallest absolute Gasteiger partial charge is 0.255 e. The second-order valence-corrected chi connectivity index (χ2v) is 17.9. The lowest BCUT2D eigenvalue weighted by atomic mass is 9.72. The van der Waals surface area contributed by atoms with Crippen LogP contribution in [0.1, 0.15) is 90.1 Å². The van der Waals surface area contributed by atoms with Crippen LogP contribution in [0.3, 0.4) is 0 Å². The van der Waals surface area contributed by atoms with Gasteiger partial charge in [-0.3, -0.25) is 24.0 Å². The van der Waals surface area contributed by atoms with Crippen molar-refractivity contribution in [2.24, 2.45) is 17.2 Å². The standard InChI is InChI=1S/C50H63N11O7/c1-28-42(29(2)57-44(56-28)34-10-12-37-32(26-34)8-7-16-50(37,4)5)47(64)59-38(15-17-51)49(66)61(6)43-33-11-14-41(68-23-20-54)36(27-33)35-24-31(9-13-40(35)67-22-19-53)25-39(46(63)55-21-18-52)60-45(62)30(3)58-48(43)65/h9-14,24,26-27,30,38-39,43H,7-8,15-17,19-23,25,51,53-54H2,1-6H3,(H,55,63)(H,58,65)(H,59,64)(H,60,62)/t30-,38?,39-,43-/m0/s1. The van der Waals surface area contributed by atoms with Gasteiger partial charge in [0.15, 0.2) is 5.82 Å².